The average molecular weight is 214 g/mol. The van der Waals surface area contributed by atoms with E-state index in [1.54, 1.807) is 0 Å². The Morgan fingerprint density at radius 3 is 2.87 bits per heavy atom. The normalized spacial score (nSPS) is 11.4. The molecule has 0 fully saturated rings. The molecule has 0 bridgehead atoms. The van der Waals surface area contributed by atoms with Crippen molar-refractivity contribution < 1.29 is 13.2 Å². The van der Waals surface area contributed by atoms with Gasteiger partial charge in [0.15, 0.2) is 5.58 Å². The van der Waals surface area contributed by atoms with Crippen molar-refractivity contribution in [2.24, 2.45) is 0 Å². The highest BCUT2D eigenvalue weighted by molar-refractivity contribution is 5.76. The average Bonchev–Trinajstić information content (AvgIpc) is 2.41. The first kappa shape index (κ1) is 9.70. The van der Waals surface area contributed by atoms with Gasteiger partial charge in [-0.25, -0.2) is 13.6 Å². The van der Waals surface area contributed by atoms with Crippen LogP contribution in [0.5, 0.6) is 0 Å². The number of rotatable bonds is 2. The first-order chi connectivity index (χ1) is 7.08. The summed E-state index contributed by atoms with van der Waals surface area (Å²) in [4.78, 5) is 11.2. The minimum atomic E-state index is -2.60. The molecule has 80 valence electrons. The molecule has 1 heterocycles. The van der Waals surface area contributed by atoms with E-state index in [2.05, 4.69) is 0 Å². The lowest BCUT2D eigenvalue weighted by molar-refractivity contribution is 0.125. The summed E-state index contributed by atoms with van der Waals surface area (Å²) in [6.45, 7) is -0.671. The van der Waals surface area contributed by atoms with E-state index in [1.165, 1.54) is 18.2 Å². The predicted molar refractivity (Wildman–Crippen MR) is 50.9 cm³/mol. The van der Waals surface area contributed by atoms with Crippen LogP contribution in [0.15, 0.2) is 27.4 Å². The maximum absolute atomic E-state index is 12.2. The summed E-state index contributed by atoms with van der Waals surface area (Å²) in [5, 5.41) is 0. The van der Waals surface area contributed by atoms with E-state index in [4.69, 9.17) is 10.2 Å². The molecule has 4 nitrogen and oxygen atoms in total. The number of fused-ring (bicyclic) bond motifs is 1. The van der Waals surface area contributed by atoms with Crippen molar-refractivity contribution in [1.29, 1.82) is 0 Å². The van der Waals surface area contributed by atoms with Crippen LogP contribution < -0.4 is 11.5 Å². The van der Waals surface area contributed by atoms with Crippen molar-refractivity contribution in [3.63, 3.8) is 0 Å². The molecule has 0 spiro atoms. The van der Waals surface area contributed by atoms with Gasteiger partial charge < -0.3 is 10.2 Å². The van der Waals surface area contributed by atoms with Crippen LogP contribution in [0.4, 0.5) is 14.5 Å². The van der Waals surface area contributed by atoms with Gasteiger partial charge in [-0.15, -0.1) is 0 Å². The summed E-state index contributed by atoms with van der Waals surface area (Å²) < 4.78 is 30.0. The van der Waals surface area contributed by atoms with Crippen LogP contribution >= 0.6 is 0 Å². The Kier molecular flexibility index (Phi) is 2.18. The monoisotopic (exact) mass is 214 g/mol. The predicted octanol–water partition coefficient (Wildman–Crippen LogP) is 1.44. The lowest BCUT2D eigenvalue weighted by Gasteiger charge is -1.99. The number of nitrogen functional groups attached to an aromatic ring is 1. The fourth-order valence-corrected chi connectivity index (χ4v) is 1.39. The van der Waals surface area contributed by atoms with Gasteiger partial charge in [0.1, 0.15) is 0 Å². The molecule has 0 aliphatic carbocycles. The van der Waals surface area contributed by atoms with Crippen molar-refractivity contribution in [2.75, 3.05) is 5.73 Å². The lowest BCUT2D eigenvalue weighted by Crippen LogP contribution is -2.18. The Hall–Kier alpha value is -1.85. The van der Waals surface area contributed by atoms with Crippen molar-refractivity contribution in [1.82, 2.24) is 4.57 Å². The van der Waals surface area contributed by atoms with E-state index in [1.807, 2.05) is 0 Å². The number of aromatic nitrogens is 1. The molecule has 0 saturated carbocycles. The molecule has 1 aromatic carbocycles. The third-order valence-corrected chi connectivity index (χ3v) is 2.01. The van der Waals surface area contributed by atoms with Crippen molar-refractivity contribution in [2.45, 2.75) is 13.0 Å². The molecular weight excluding hydrogens is 206 g/mol. The quantitative estimate of drug-likeness (QED) is 0.769. The Labute approximate surface area is 82.9 Å². The number of nitrogens with zero attached hydrogens (tertiary/aromatic N) is 1. The maximum atomic E-state index is 12.2. The first-order valence-electron chi connectivity index (χ1n) is 4.25. The van der Waals surface area contributed by atoms with E-state index >= 15 is 0 Å². The van der Waals surface area contributed by atoms with E-state index in [0.717, 1.165) is 4.57 Å². The molecule has 15 heavy (non-hydrogen) atoms. The smallest absolute Gasteiger partial charge is 0.408 e. The molecular formula is C9H8F2N2O2. The van der Waals surface area contributed by atoms with Gasteiger partial charge in [-0.2, -0.15) is 0 Å². The van der Waals surface area contributed by atoms with Crippen LogP contribution in [0.3, 0.4) is 0 Å². The fraction of sp³-hybridized carbons (Fsp3) is 0.222. The SMILES string of the molecule is Nc1ccc2c(c1)oc(=O)n2CC(F)F. The van der Waals surface area contributed by atoms with Crippen LogP contribution in [-0.4, -0.2) is 11.0 Å². The zero-order valence-corrected chi connectivity index (χ0v) is 7.61. The highest BCUT2D eigenvalue weighted by Gasteiger charge is 2.13. The summed E-state index contributed by atoms with van der Waals surface area (Å²) >= 11 is 0. The van der Waals surface area contributed by atoms with Gasteiger partial charge in [-0.05, 0) is 12.1 Å². The van der Waals surface area contributed by atoms with Crippen LogP contribution in [0.25, 0.3) is 11.1 Å². The van der Waals surface area contributed by atoms with Crippen molar-refractivity contribution in [3.05, 3.63) is 28.7 Å². The highest BCUT2D eigenvalue weighted by atomic mass is 19.3. The van der Waals surface area contributed by atoms with Crippen LogP contribution in [0.1, 0.15) is 0 Å². The number of nitrogens with two attached hydrogens (primary N) is 1. The Balaban J connectivity index is 2.63. The molecule has 1 aromatic heterocycles. The third-order valence-electron chi connectivity index (χ3n) is 2.01. The summed E-state index contributed by atoms with van der Waals surface area (Å²) in [6, 6.07) is 4.44. The lowest BCUT2D eigenvalue weighted by atomic mass is 10.3. The number of halogens is 2. The number of anilines is 1. The summed E-state index contributed by atoms with van der Waals surface area (Å²) in [5.74, 6) is -0.795. The van der Waals surface area contributed by atoms with E-state index in [0.29, 0.717) is 11.2 Å². The maximum Gasteiger partial charge on any atom is 0.420 e. The molecule has 0 amide bonds. The topological polar surface area (TPSA) is 61.2 Å². The second-order valence-corrected chi connectivity index (χ2v) is 3.10. The van der Waals surface area contributed by atoms with Crippen molar-refractivity contribution in [3.8, 4) is 0 Å². The molecule has 0 aliphatic heterocycles. The second kappa shape index (κ2) is 3.38. The number of hydrogen-bond donors (Lipinski definition) is 1. The molecule has 2 aromatic rings. The van der Waals surface area contributed by atoms with E-state index in [-0.39, 0.29) is 5.58 Å². The number of hydrogen-bond acceptors (Lipinski definition) is 3. The molecule has 2 N–H and O–H groups in total. The van der Waals surface area contributed by atoms with Crippen LogP contribution in [-0.2, 0) is 6.54 Å². The highest BCUT2D eigenvalue weighted by Crippen LogP contribution is 2.16. The summed E-state index contributed by atoms with van der Waals surface area (Å²) in [7, 11) is 0. The molecule has 0 saturated heterocycles. The van der Waals surface area contributed by atoms with Gasteiger partial charge in [0.05, 0.1) is 12.1 Å². The summed E-state index contributed by atoms with van der Waals surface area (Å²) in [6.07, 6.45) is -2.60. The second-order valence-electron chi connectivity index (χ2n) is 3.10. The minimum absolute atomic E-state index is 0.223. The molecule has 0 unspecified atom stereocenters. The Morgan fingerprint density at radius 1 is 1.47 bits per heavy atom. The van der Waals surface area contributed by atoms with E-state index < -0.39 is 18.7 Å². The zero-order valence-electron chi connectivity index (χ0n) is 7.61. The number of alkyl halides is 2. The van der Waals surface area contributed by atoms with Gasteiger partial charge in [-0.1, -0.05) is 0 Å². The van der Waals surface area contributed by atoms with Gasteiger partial charge in [-0.3, -0.25) is 4.57 Å². The molecule has 0 atom stereocenters. The third kappa shape index (κ3) is 1.70. The fourth-order valence-electron chi connectivity index (χ4n) is 1.39. The number of benzene rings is 1. The Morgan fingerprint density at radius 2 is 2.20 bits per heavy atom. The van der Waals surface area contributed by atoms with Crippen molar-refractivity contribution >= 4 is 16.8 Å². The van der Waals surface area contributed by atoms with Crippen LogP contribution in [0.2, 0.25) is 0 Å². The molecule has 6 heteroatoms. The van der Waals surface area contributed by atoms with Crippen LogP contribution in [0, 0.1) is 0 Å². The first-order valence-corrected chi connectivity index (χ1v) is 4.25. The zero-order chi connectivity index (χ0) is 11.0. The van der Waals surface area contributed by atoms with Gasteiger partial charge in [0.25, 0.3) is 6.43 Å². The van der Waals surface area contributed by atoms with Gasteiger partial charge in [0, 0.05) is 11.8 Å². The summed E-state index contributed by atoms with van der Waals surface area (Å²) in [5.41, 5.74) is 6.43. The molecule has 2 rings (SSSR count). The number of oxazole rings is 1. The molecule has 0 aliphatic rings. The van der Waals surface area contributed by atoms with E-state index in [9.17, 15) is 13.6 Å². The van der Waals surface area contributed by atoms with Gasteiger partial charge >= 0.3 is 5.76 Å². The standard InChI is InChI=1S/C9H8F2N2O2/c10-8(11)4-13-6-2-1-5(12)3-7(6)15-9(13)14/h1-3,8H,4,12H2. The minimum Gasteiger partial charge on any atom is -0.408 e. The Bertz CT molecular complexity index is 545. The van der Waals surface area contributed by atoms with Gasteiger partial charge in [0.2, 0.25) is 0 Å². The molecule has 0 radical (unpaired) electrons. The largest absolute Gasteiger partial charge is 0.420 e.